The minimum Gasteiger partial charge on any atom is -0.481 e. The summed E-state index contributed by atoms with van der Waals surface area (Å²) in [5, 5.41) is 26.9. The van der Waals surface area contributed by atoms with Gasteiger partial charge in [0.1, 0.15) is 13.5 Å². The number of ether oxygens (including phenoxy) is 3. The van der Waals surface area contributed by atoms with Crippen LogP contribution < -0.4 is 0 Å². The molecule has 0 amide bonds. The highest BCUT2D eigenvalue weighted by molar-refractivity contribution is 5.72. The van der Waals surface area contributed by atoms with Gasteiger partial charge >= 0.3 is 17.9 Å². The van der Waals surface area contributed by atoms with Crippen LogP contribution >= 0.6 is 0 Å². The van der Waals surface area contributed by atoms with Crippen LogP contribution in [0.4, 0.5) is 0 Å². The van der Waals surface area contributed by atoms with Crippen molar-refractivity contribution in [2.45, 2.75) is 19.1 Å². The smallest absolute Gasteiger partial charge is 0.317 e. The van der Waals surface area contributed by atoms with Gasteiger partial charge in [0.15, 0.2) is 6.23 Å². The number of carboxylic acids is 3. The van der Waals surface area contributed by atoms with E-state index in [-0.39, 0.29) is 71.9 Å². The first-order chi connectivity index (χ1) is 15.2. The fourth-order valence-electron chi connectivity index (χ4n) is 2.62. The van der Waals surface area contributed by atoms with Crippen molar-refractivity contribution >= 4 is 37.3 Å². The third-order valence-corrected chi connectivity index (χ3v) is 4.00. The molecule has 3 N–H and O–H groups in total. The maximum absolute atomic E-state index is 11.0. The van der Waals surface area contributed by atoms with Gasteiger partial charge in [-0.05, 0) is 0 Å². The predicted octanol–water partition coefficient (Wildman–Crippen LogP) is -2.31. The lowest BCUT2D eigenvalue weighted by atomic mass is 10.2. The molecule has 0 aromatic carbocycles. The van der Waals surface area contributed by atoms with E-state index in [2.05, 4.69) is 9.47 Å². The van der Waals surface area contributed by atoms with Gasteiger partial charge in [-0.25, -0.2) is 4.90 Å². The molecule has 0 saturated carbocycles. The molecule has 32 heavy (non-hydrogen) atoms. The molecule has 15 heteroatoms. The van der Waals surface area contributed by atoms with Gasteiger partial charge in [-0.15, -0.1) is 0 Å². The van der Waals surface area contributed by atoms with Crippen LogP contribution in [0, 0.1) is 0 Å². The third-order valence-electron chi connectivity index (χ3n) is 4.00. The number of carbonyl (C=O) groups is 6. The van der Waals surface area contributed by atoms with Crippen LogP contribution in [0.5, 0.6) is 0 Å². The molecule has 0 spiro atoms. The molecule has 0 aromatic rings. The number of aliphatic carboxylic acids is 3. The molecule has 0 saturated heterocycles. The van der Waals surface area contributed by atoms with Gasteiger partial charge in [-0.1, -0.05) is 0 Å². The highest BCUT2D eigenvalue weighted by atomic mass is 16.6. The summed E-state index contributed by atoms with van der Waals surface area (Å²) >= 11 is 0. The first-order valence-electron chi connectivity index (χ1n) is 9.27. The van der Waals surface area contributed by atoms with Crippen molar-refractivity contribution in [3.05, 3.63) is 0 Å². The van der Waals surface area contributed by atoms with Crippen LogP contribution in [0.25, 0.3) is 0 Å². The van der Waals surface area contributed by atoms with E-state index in [9.17, 15) is 28.8 Å². The number of rotatable bonds is 22. The Hall–Kier alpha value is -3.30. The van der Waals surface area contributed by atoms with Gasteiger partial charge in [0.2, 0.25) is 0 Å². The Labute approximate surface area is 183 Å². The second-order valence-corrected chi connectivity index (χ2v) is 6.33. The molecule has 0 fully saturated rings. The van der Waals surface area contributed by atoms with Crippen molar-refractivity contribution in [1.29, 1.82) is 0 Å². The van der Waals surface area contributed by atoms with Crippen molar-refractivity contribution < 1.29 is 58.3 Å². The van der Waals surface area contributed by atoms with E-state index >= 15 is 0 Å². The van der Waals surface area contributed by atoms with Gasteiger partial charge in [0, 0.05) is 32.6 Å². The Kier molecular flexibility index (Phi) is 15.6. The quantitative estimate of drug-likeness (QED) is 0.0873. The van der Waals surface area contributed by atoms with Gasteiger partial charge in [0.25, 0.3) is 19.4 Å². The van der Waals surface area contributed by atoms with E-state index in [1.165, 1.54) is 9.80 Å². The van der Waals surface area contributed by atoms with Gasteiger partial charge in [-0.3, -0.25) is 38.6 Å². The van der Waals surface area contributed by atoms with Crippen LogP contribution in [0.3, 0.4) is 0 Å². The minimum atomic E-state index is -1.24. The number of carbonyl (C=O) groups excluding carboxylic acids is 3. The zero-order chi connectivity index (χ0) is 24.4. The molecule has 1 atom stereocenters. The number of carboxylic acid groups (broad SMARTS) is 3. The van der Waals surface area contributed by atoms with Crippen molar-refractivity contribution in [2.75, 3.05) is 52.7 Å². The van der Waals surface area contributed by atoms with Crippen LogP contribution in [0.1, 0.15) is 12.8 Å². The van der Waals surface area contributed by atoms with E-state index in [0.29, 0.717) is 0 Å². The summed E-state index contributed by atoms with van der Waals surface area (Å²) in [5.74, 6) is -3.62. The van der Waals surface area contributed by atoms with Crippen molar-refractivity contribution in [2.24, 2.45) is 0 Å². The molecule has 0 aliphatic rings. The molecule has 0 rings (SSSR count). The van der Waals surface area contributed by atoms with Crippen LogP contribution in [-0.4, -0.2) is 126 Å². The van der Waals surface area contributed by atoms with Crippen LogP contribution in [0.2, 0.25) is 0 Å². The Balaban J connectivity index is 5.38. The number of nitrogens with zero attached hydrogens (tertiary/aromatic N) is 3. The Morgan fingerprint density at radius 1 is 0.719 bits per heavy atom. The molecular weight excluding hydrogens is 438 g/mol. The summed E-state index contributed by atoms with van der Waals surface area (Å²) < 4.78 is 14.2. The highest BCUT2D eigenvalue weighted by Gasteiger charge is 2.23. The third kappa shape index (κ3) is 14.6. The summed E-state index contributed by atoms with van der Waals surface area (Å²) in [4.78, 5) is 68.7. The second kappa shape index (κ2) is 17.4. The number of hydrogen-bond donors (Lipinski definition) is 3. The Morgan fingerprint density at radius 3 is 1.62 bits per heavy atom. The molecule has 0 radical (unpaired) electrons. The average Bonchev–Trinajstić information content (AvgIpc) is 2.71. The normalized spacial score (nSPS) is 11.7. The maximum Gasteiger partial charge on any atom is 0.317 e. The first kappa shape index (κ1) is 28.7. The lowest BCUT2D eigenvalue weighted by Gasteiger charge is -2.33. The summed E-state index contributed by atoms with van der Waals surface area (Å²) in [6, 6.07) is 0. The zero-order valence-corrected chi connectivity index (χ0v) is 17.2. The topological polar surface area (TPSA) is 201 Å². The van der Waals surface area contributed by atoms with Crippen LogP contribution in [0.15, 0.2) is 0 Å². The SMILES string of the molecule is O=COCN(CCN(CCN(CC(=O)O)CC(=O)O)C(CCC(=O)O)OC=O)COC=O. The molecule has 0 bridgehead atoms. The second-order valence-electron chi connectivity index (χ2n) is 6.33. The van der Waals surface area contributed by atoms with Gasteiger partial charge in [-0.2, -0.15) is 0 Å². The molecule has 1 unspecified atom stereocenters. The van der Waals surface area contributed by atoms with Crippen molar-refractivity contribution in [3.8, 4) is 0 Å². The van der Waals surface area contributed by atoms with Crippen molar-refractivity contribution in [3.63, 3.8) is 0 Å². The molecule has 0 aliphatic carbocycles. The van der Waals surface area contributed by atoms with E-state index in [0.717, 1.165) is 4.90 Å². The first-order valence-corrected chi connectivity index (χ1v) is 9.27. The average molecular weight is 465 g/mol. The fourth-order valence-corrected chi connectivity index (χ4v) is 2.62. The molecule has 0 aliphatic heterocycles. The van der Waals surface area contributed by atoms with E-state index < -0.39 is 37.2 Å². The van der Waals surface area contributed by atoms with E-state index in [4.69, 9.17) is 20.1 Å². The predicted molar refractivity (Wildman–Crippen MR) is 102 cm³/mol. The molecule has 0 aromatic heterocycles. The van der Waals surface area contributed by atoms with Gasteiger partial charge < -0.3 is 29.5 Å². The van der Waals surface area contributed by atoms with Crippen molar-refractivity contribution in [1.82, 2.24) is 14.7 Å². The Bertz CT molecular complexity index is 590. The molecule has 182 valence electrons. The summed E-state index contributed by atoms with van der Waals surface area (Å²) in [7, 11) is 0. The lowest BCUT2D eigenvalue weighted by Crippen LogP contribution is -2.47. The monoisotopic (exact) mass is 465 g/mol. The van der Waals surface area contributed by atoms with E-state index in [1.807, 2.05) is 0 Å². The molecule has 0 heterocycles. The summed E-state index contributed by atoms with van der Waals surface area (Å²) in [6.45, 7) is -0.930. The van der Waals surface area contributed by atoms with Crippen LogP contribution in [-0.2, 0) is 43.0 Å². The maximum atomic E-state index is 11.0. The van der Waals surface area contributed by atoms with Gasteiger partial charge in [0.05, 0.1) is 19.5 Å². The van der Waals surface area contributed by atoms with E-state index in [1.54, 1.807) is 0 Å². The zero-order valence-electron chi connectivity index (χ0n) is 17.2. The highest BCUT2D eigenvalue weighted by Crippen LogP contribution is 2.10. The Morgan fingerprint density at radius 2 is 1.22 bits per heavy atom. The lowest BCUT2D eigenvalue weighted by molar-refractivity contribution is -0.151. The largest absolute Gasteiger partial charge is 0.481 e. The summed E-state index contributed by atoms with van der Waals surface area (Å²) in [5.41, 5.74) is 0. The summed E-state index contributed by atoms with van der Waals surface area (Å²) in [6.07, 6.45) is -1.45. The fraction of sp³-hybridized carbons (Fsp3) is 0.647. The minimum absolute atomic E-state index is 0.00952. The number of hydrogen-bond acceptors (Lipinski definition) is 12. The molecule has 15 nitrogen and oxygen atoms in total. The standard InChI is InChI=1S/C17H27N3O12/c21-11-30-9-19(10-31-12-22)4-6-20(14(32-13-23)1-2-15(24)25)5-3-18(7-16(26)27)8-17(28)29/h11-14H,1-10H2,(H,24,25)(H,26,27)(H,28,29). The molecular formula is C17H27N3O12.